The summed E-state index contributed by atoms with van der Waals surface area (Å²) in [7, 11) is 0. The highest BCUT2D eigenvalue weighted by molar-refractivity contribution is 6.30. The summed E-state index contributed by atoms with van der Waals surface area (Å²) in [5, 5.41) is 3.12. The Labute approximate surface area is 240 Å². The second-order valence-corrected chi connectivity index (χ2v) is 10.7. The topological polar surface area (TPSA) is 88.8 Å². The third-order valence-electron chi connectivity index (χ3n) is 7.20. The van der Waals surface area contributed by atoms with Gasteiger partial charge in [0, 0.05) is 28.6 Å². The number of fused-ring (bicyclic) bond motifs is 1. The number of nitrogens with one attached hydrogen (secondary N) is 1. The summed E-state index contributed by atoms with van der Waals surface area (Å²) in [6, 6.07) is 8.11. The number of aryl methyl sites for hydroxylation is 2. The molecule has 2 aromatic carbocycles. The third kappa shape index (κ3) is 6.22. The summed E-state index contributed by atoms with van der Waals surface area (Å²) in [6.45, 7) is 5.80. The Morgan fingerprint density at radius 2 is 1.71 bits per heavy atom. The number of nitrogens with zero attached hydrogens (tertiary/aromatic N) is 1. The van der Waals surface area contributed by atoms with Crippen LogP contribution in [0, 0.1) is 0 Å². The Morgan fingerprint density at radius 3 is 2.34 bits per heavy atom. The van der Waals surface area contributed by atoms with Crippen molar-refractivity contribution in [2.75, 3.05) is 13.2 Å². The largest absolute Gasteiger partial charge is 0.493 e. The molecule has 1 atom stereocenters. The van der Waals surface area contributed by atoms with E-state index in [1.807, 2.05) is 13.8 Å². The fourth-order valence-corrected chi connectivity index (χ4v) is 5.30. The maximum Gasteiger partial charge on any atom is 0.417 e. The number of alkyl halides is 3. The minimum absolute atomic E-state index is 0.109. The van der Waals surface area contributed by atoms with Gasteiger partial charge in [0.25, 0.3) is 5.91 Å². The van der Waals surface area contributed by atoms with E-state index in [2.05, 4.69) is 5.32 Å². The van der Waals surface area contributed by atoms with Crippen molar-refractivity contribution >= 4 is 34.5 Å². The lowest BCUT2D eigenvalue weighted by Gasteiger charge is -2.22. The van der Waals surface area contributed by atoms with Gasteiger partial charge in [0.05, 0.1) is 12.2 Å². The van der Waals surface area contributed by atoms with Gasteiger partial charge >= 0.3 is 17.8 Å². The molecule has 0 aliphatic carbocycles. The van der Waals surface area contributed by atoms with Crippen molar-refractivity contribution in [1.82, 2.24) is 10.2 Å². The second-order valence-electron chi connectivity index (χ2n) is 10.3. The first-order chi connectivity index (χ1) is 19.4. The molecule has 11 heteroatoms. The van der Waals surface area contributed by atoms with Crippen LogP contribution in [0.4, 0.5) is 18.0 Å². The quantitative estimate of drug-likeness (QED) is 0.147. The standard InChI is InChI=1S/C30H32ClF3N2O5/c1-4-8-18-16-22-23(30(32,33)34)17-24(37)41-26(22)21(9-5-2)25(18)40-15-7-6-14-36-27(38)29(3,35-28(36)39)19-10-12-20(31)13-11-19/h10-13,16-17H,4-9,14-15H2,1-3H3,(H,35,39). The summed E-state index contributed by atoms with van der Waals surface area (Å²) in [4.78, 5) is 39.0. The molecule has 1 N–H and O–H groups in total. The molecule has 0 saturated carbocycles. The molecule has 3 amide bonds. The molecule has 1 saturated heterocycles. The molecular formula is C30H32ClF3N2O5. The predicted octanol–water partition coefficient (Wildman–Crippen LogP) is 7.00. The zero-order valence-corrected chi connectivity index (χ0v) is 23.9. The van der Waals surface area contributed by atoms with E-state index in [1.165, 1.54) is 11.0 Å². The number of ether oxygens (including phenoxy) is 1. The van der Waals surface area contributed by atoms with Crippen molar-refractivity contribution in [1.29, 1.82) is 0 Å². The number of urea groups is 1. The van der Waals surface area contributed by atoms with Gasteiger partial charge in [0.15, 0.2) is 0 Å². The molecule has 4 rings (SSSR count). The van der Waals surface area contributed by atoms with Crippen molar-refractivity contribution in [3.8, 4) is 5.75 Å². The first-order valence-electron chi connectivity index (χ1n) is 13.6. The Morgan fingerprint density at radius 1 is 1.02 bits per heavy atom. The van der Waals surface area contributed by atoms with Gasteiger partial charge in [-0.15, -0.1) is 0 Å². The summed E-state index contributed by atoms with van der Waals surface area (Å²) in [5.74, 6) is 0.0558. The van der Waals surface area contributed by atoms with E-state index < -0.39 is 28.9 Å². The SMILES string of the molecule is CCCc1cc2c(C(F)(F)F)cc(=O)oc2c(CCC)c1OCCCCN1C(=O)NC(C)(c2ccc(Cl)cc2)C1=O. The highest BCUT2D eigenvalue weighted by Crippen LogP contribution is 2.40. The van der Waals surface area contributed by atoms with Crippen LogP contribution in [-0.4, -0.2) is 30.0 Å². The van der Waals surface area contributed by atoms with Gasteiger partial charge in [-0.25, -0.2) is 9.59 Å². The number of hydrogen-bond donors (Lipinski definition) is 1. The Hall–Kier alpha value is -3.53. The molecule has 1 aliphatic heterocycles. The summed E-state index contributed by atoms with van der Waals surface area (Å²) in [5.41, 5.74) is -1.75. The molecule has 1 aliphatic rings. The fraction of sp³-hybridized carbons (Fsp3) is 0.433. The summed E-state index contributed by atoms with van der Waals surface area (Å²) >= 11 is 5.96. The van der Waals surface area contributed by atoms with Crippen molar-refractivity contribution in [3.05, 3.63) is 74.1 Å². The Bertz CT molecular complexity index is 1500. The van der Waals surface area contributed by atoms with Crippen LogP contribution in [0.25, 0.3) is 11.0 Å². The number of carbonyl (C=O) groups is 2. The normalized spacial score (nSPS) is 17.4. The molecule has 0 bridgehead atoms. The molecule has 41 heavy (non-hydrogen) atoms. The lowest BCUT2D eigenvalue weighted by molar-refractivity contribution is -0.136. The Kier molecular flexibility index (Phi) is 9.01. The lowest BCUT2D eigenvalue weighted by Crippen LogP contribution is -2.41. The van der Waals surface area contributed by atoms with E-state index in [1.54, 1.807) is 31.2 Å². The van der Waals surface area contributed by atoms with Gasteiger partial charge in [-0.3, -0.25) is 9.69 Å². The molecule has 0 spiro atoms. The highest BCUT2D eigenvalue weighted by Gasteiger charge is 2.48. The van der Waals surface area contributed by atoms with Crippen molar-refractivity contribution in [2.24, 2.45) is 0 Å². The van der Waals surface area contributed by atoms with Gasteiger partial charge in [-0.05, 0) is 61.9 Å². The van der Waals surface area contributed by atoms with Crippen molar-refractivity contribution < 1.29 is 31.9 Å². The molecule has 3 aromatic rings. The zero-order valence-electron chi connectivity index (χ0n) is 23.1. The van der Waals surface area contributed by atoms with E-state index in [0.29, 0.717) is 72.1 Å². The maximum absolute atomic E-state index is 13.8. The maximum atomic E-state index is 13.8. The number of unbranched alkanes of at least 4 members (excludes halogenated alkanes) is 1. The second kappa shape index (κ2) is 12.1. The van der Waals surface area contributed by atoms with Crippen LogP contribution >= 0.6 is 11.6 Å². The van der Waals surface area contributed by atoms with Gasteiger partial charge < -0.3 is 14.5 Å². The van der Waals surface area contributed by atoms with Crippen LogP contribution in [-0.2, 0) is 29.4 Å². The number of benzene rings is 2. The molecule has 0 radical (unpaired) electrons. The minimum Gasteiger partial charge on any atom is -0.493 e. The van der Waals surface area contributed by atoms with E-state index in [0.717, 1.165) is 0 Å². The van der Waals surface area contributed by atoms with Crippen LogP contribution in [0.2, 0.25) is 5.02 Å². The monoisotopic (exact) mass is 592 g/mol. The summed E-state index contributed by atoms with van der Waals surface area (Å²) in [6.07, 6.45) is -1.70. The number of amides is 3. The zero-order chi connectivity index (χ0) is 29.9. The molecule has 2 heterocycles. The van der Waals surface area contributed by atoms with Crippen molar-refractivity contribution in [2.45, 2.75) is 71.0 Å². The van der Waals surface area contributed by atoms with Gasteiger partial charge in [0.1, 0.15) is 16.9 Å². The van der Waals surface area contributed by atoms with Crippen LogP contribution in [0.5, 0.6) is 5.75 Å². The molecule has 220 valence electrons. The average molecular weight is 593 g/mol. The third-order valence-corrected chi connectivity index (χ3v) is 7.45. The van der Waals surface area contributed by atoms with E-state index >= 15 is 0 Å². The molecule has 1 aromatic heterocycles. The number of halogens is 4. The van der Waals surface area contributed by atoms with Crippen LogP contribution in [0.15, 0.2) is 45.6 Å². The fourth-order valence-electron chi connectivity index (χ4n) is 5.18. The van der Waals surface area contributed by atoms with Gasteiger partial charge in [0.2, 0.25) is 0 Å². The van der Waals surface area contributed by atoms with Gasteiger partial charge in [-0.1, -0.05) is 50.4 Å². The molecular weight excluding hydrogens is 561 g/mol. The number of carbonyl (C=O) groups excluding carboxylic acids is 2. The summed E-state index contributed by atoms with van der Waals surface area (Å²) < 4.78 is 52.8. The van der Waals surface area contributed by atoms with E-state index in [9.17, 15) is 27.6 Å². The molecule has 1 unspecified atom stereocenters. The highest BCUT2D eigenvalue weighted by atomic mass is 35.5. The Balaban J connectivity index is 1.51. The number of imide groups is 1. The van der Waals surface area contributed by atoms with Gasteiger partial charge in [-0.2, -0.15) is 13.2 Å². The number of rotatable bonds is 11. The molecule has 1 fully saturated rings. The van der Waals surface area contributed by atoms with Crippen LogP contribution in [0.1, 0.15) is 68.7 Å². The first-order valence-corrected chi connectivity index (χ1v) is 14.0. The number of hydrogen-bond acceptors (Lipinski definition) is 5. The smallest absolute Gasteiger partial charge is 0.417 e. The van der Waals surface area contributed by atoms with Crippen LogP contribution < -0.4 is 15.7 Å². The average Bonchev–Trinajstić information content (AvgIpc) is 3.13. The minimum atomic E-state index is -4.72. The lowest BCUT2D eigenvalue weighted by atomic mass is 9.92. The predicted molar refractivity (Wildman–Crippen MR) is 149 cm³/mol. The molecule has 7 nitrogen and oxygen atoms in total. The van der Waals surface area contributed by atoms with E-state index in [4.69, 9.17) is 20.8 Å². The van der Waals surface area contributed by atoms with E-state index in [-0.39, 0.29) is 30.0 Å². The van der Waals surface area contributed by atoms with Crippen LogP contribution in [0.3, 0.4) is 0 Å². The van der Waals surface area contributed by atoms with Crippen molar-refractivity contribution in [3.63, 3.8) is 0 Å². The first kappa shape index (κ1) is 30.4.